The number of aliphatic imine (C=N–C) groups is 1. The van der Waals surface area contributed by atoms with E-state index in [9.17, 15) is 18.0 Å². The topological polar surface area (TPSA) is 68.8 Å². The molecule has 0 aromatic heterocycles. The lowest BCUT2D eigenvalue weighted by atomic mass is 10.1. The Morgan fingerprint density at radius 1 is 1.06 bits per heavy atom. The van der Waals surface area contributed by atoms with Crippen LogP contribution in [0.3, 0.4) is 0 Å². The molecule has 1 saturated heterocycles. The second-order valence-electron chi connectivity index (χ2n) is 7.32. The average molecular weight is 561 g/mol. The predicted octanol–water partition coefficient (Wildman–Crippen LogP) is 2.82. The van der Waals surface area contributed by atoms with Crippen molar-refractivity contribution in [1.82, 2.24) is 16.0 Å². The number of carbonyl (C=O) groups is 1. The molecule has 0 radical (unpaired) electrons. The van der Waals surface area contributed by atoms with E-state index in [0.29, 0.717) is 37.8 Å². The normalized spacial score (nSPS) is 15.8. The quantitative estimate of drug-likeness (QED) is 0.211. The van der Waals surface area contributed by atoms with E-state index in [4.69, 9.17) is 0 Å². The van der Waals surface area contributed by atoms with Gasteiger partial charge in [-0.3, -0.25) is 9.79 Å². The Bertz CT molecular complexity index is 926. The van der Waals surface area contributed by atoms with Crippen molar-refractivity contribution in [1.29, 1.82) is 0 Å². The number of hydrogen-bond acceptors (Lipinski definition) is 3. The van der Waals surface area contributed by atoms with Gasteiger partial charge in [0.25, 0.3) is 0 Å². The van der Waals surface area contributed by atoms with Gasteiger partial charge >= 0.3 is 0 Å². The lowest BCUT2D eigenvalue weighted by Crippen LogP contribution is -2.46. The van der Waals surface area contributed by atoms with Crippen LogP contribution in [0.2, 0.25) is 0 Å². The van der Waals surface area contributed by atoms with E-state index in [0.717, 1.165) is 18.1 Å². The van der Waals surface area contributed by atoms with E-state index < -0.39 is 11.6 Å². The Morgan fingerprint density at radius 3 is 2.44 bits per heavy atom. The first-order chi connectivity index (χ1) is 14.9. The van der Waals surface area contributed by atoms with Crippen molar-refractivity contribution >= 4 is 41.5 Å². The molecule has 32 heavy (non-hydrogen) atoms. The molecule has 6 nitrogen and oxygen atoms in total. The number of guanidine groups is 1. The number of nitrogens with zero attached hydrogens (tertiary/aromatic N) is 2. The highest BCUT2D eigenvalue weighted by Crippen LogP contribution is 2.24. The lowest BCUT2D eigenvalue weighted by Gasteiger charge is -2.21. The van der Waals surface area contributed by atoms with E-state index >= 15 is 0 Å². The van der Waals surface area contributed by atoms with Crippen molar-refractivity contribution in [3.05, 3.63) is 65.5 Å². The van der Waals surface area contributed by atoms with Gasteiger partial charge in [0.2, 0.25) is 5.91 Å². The smallest absolute Gasteiger partial charge is 0.224 e. The molecule has 0 saturated carbocycles. The van der Waals surface area contributed by atoms with E-state index in [-0.39, 0.29) is 48.2 Å². The monoisotopic (exact) mass is 561 g/mol. The van der Waals surface area contributed by atoms with Crippen molar-refractivity contribution in [2.45, 2.75) is 18.9 Å². The fourth-order valence-electron chi connectivity index (χ4n) is 3.46. The van der Waals surface area contributed by atoms with Gasteiger partial charge in [-0.05, 0) is 36.2 Å². The molecule has 2 aromatic carbocycles. The Labute approximate surface area is 202 Å². The Hall–Kier alpha value is -2.50. The third kappa shape index (κ3) is 7.57. The molecule has 1 heterocycles. The molecule has 0 bridgehead atoms. The summed E-state index contributed by atoms with van der Waals surface area (Å²) >= 11 is 0. The average Bonchev–Trinajstić information content (AvgIpc) is 3.20. The zero-order valence-corrected chi connectivity index (χ0v) is 20.0. The Kier molecular flexibility index (Phi) is 10.1. The van der Waals surface area contributed by atoms with Gasteiger partial charge in [0, 0.05) is 45.3 Å². The lowest BCUT2D eigenvalue weighted by molar-refractivity contribution is -0.120. The summed E-state index contributed by atoms with van der Waals surface area (Å²) in [6.45, 7) is 2.09. The first kappa shape index (κ1) is 25.8. The number of anilines is 1. The molecule has 1 aliphatic heterocycles. The van der Waals surface area contributed by atoms with Gasteiger partial charge in [-0.2, -0.15) is 0 Å². The summed E-state index contributed by atoms with van der Waals surface area (Å²) in [4.78, 5) is 18.0. The number of amides is 1. The molecule has 1 atom stereocenters. The van der Waals surface area contributed by atoms with Gasteiger partial charge in [0.05, 0.1) is 12.1 Å². The molecule has 174 valence electrons. The van der Waals surface area contributed by atoms with Crippen LogP contribution in [-0.2, 0) is 11.2 Å². The highest BCUT2D eigenvalue weighted by Gasteiger charge is 2.25. The van der Waals surface area contributed by atoms with E-state index in [1.54, 1.807) is 19.2 Å². The summed E-state index contributed by atoms with van der Waals surface area (Å²) in [6, 6.07) is 9.48. The van der Waals surface area contributed by atoms with Crippen molar-refractivity contribution in [2.75, 3.05) is 38.1 Å². The summed E-state index contributed by atoms with van der Waals surface area (Å²) in [5, 5.41) is 9.21. The van der Waals surface area contributed by atoms with Crippen LogP contribution in [0.15, 0.2) is 47.5 Å². The van der Waals surface area contributed by atoms with Crippen LogP contribution in [-0.4, -0.2) is 51.1 Å². The number of hydrogen-bond donors (Lipinski definition) is 3. The maximum Gasteiger partial charge on any atom is 0.224 e. The molecule has 2 aromatic rings. The number of carbonyl (C=O) groups excluding carboxylic acids is 1. The van der Waals surface area contributed by atoms with E-state index in [2.05, 4.69) is 20.9 Å². The van der Waals surface area contributed by atoms with Crippen LogP contribution in [0.4, 0.5) is 18.9 Å². The minimum absolute atomic E-state index is 0. The minimum atomic E-state index is -0.593. The van der Waals surface area contributed by atoms with Crippen LogP contribution in [0, 0.1) is 17.5 Å². The molecule has 10 heteroatoms. The van der Waals surface area contributed by atoms with Crippen molar-refractivity contribution in [3.63, 3.8) is 0 Å². The molecule has 1 fully saturated rings. The number of rotatable bonds is 7. The summed E-state index contributed by atoms with van der Waals surface area (Å²) in [5.41, 5.74) is 1.13. The predicted molar refractivity (Wildman–Crippen MR) is 130 cm³/mol. The van der Waals surface area contributed by atoms with E-state index in [1.165, 1.54) is 24.3 Å². The van der Waals surface area contributed by atoms with Crippen LogP contribution in [0.5, 0.6) is 0 Å². The Morgan fingerprint density at radius 2 is 1.75 bits per heavy atom. The van der Waals surface area contributed by atoms with Gasteiger partial charge in [0.15, 0.2) is 5.96 Å². The number of halogens is 4. The summed E-state index contributed by atoms with van der Waals surface area (Å²) in [5.74, 6) is -1.06. The second kappa shape index (κ2) is 12.5. The Balaban J connectivity index is 0.00000363. The fraction of sp³-hybridized carbons (Fsp3) is 0.364. The molecule has 3 N–H and O–H groups in total. The zero-order valence-electron chi connectivity index (χ0n) is 17.7. The van der Waals surface area contributed by atoms with Crippen molar-refractivity contribution in [2.24, 2.45) is 4.99 Å². The summed E-state index contributed by atoms with van der Waals surface area (Å²) in [7, 11) is 1.65. The van der Waals surface area contributed by atoms with Gasteiger partial charge in [-0.1, -0.05) is 12.1 Å². The second-order valence-corrected chi connectivity index (χ2v) is 7.32. The molecule has 0 spiro atoms. The van der Waals surface area contributed by atoms with Crippen molar-refractivity contribution < 1.29 is 18.0 Å². The SMILES string of the molecule is CN=C(NCCNC(=O)Cc1ccc(F)cc1)NC1CCN(c2ccc(F)cc2F)C1.I. The summed E-state index contributed by atoms with van der Waals surface area (Å²) < 4.78 is 40.0. The fourth-order valence-corrected chi connectivity index (χ4v) is 3.46. The van der Waals surface area contributed by atoms with Crippen LogP contribution < -0.4 is 20.9 Å². The highest BCUT2D eigenvalue weighted by molar-refractivity contribution is 14.0. The zero-order chi connectivity index (χ0) is 22.2. The molecule has 0 aliphatic carbocycles. The number of nitrogens with one attached hydrogen (secondary N) is 3. The molecule has 1 unspecified atom stereocenters. The molecule has 1 aliphatic rings. The first-order valence-corrected chi connectivity index (χ1v) is 10.1. The minimum Gasteiger partial charge on any atom is -0.367 e. The van der Waals surface area contributed by atoms with Crippen LogP contribution in [0.1, 0.15) is 12.0 Å². The van der Waals surface area contributed by atoms with Crippen molar-refractivity contribution in [3.8, 4) is 0 Å². The maximum absolute atomic E-state index is 14.0. The van der Waals surface area contributed by atoms with Gasteiger partial charge in [0.1, 0.15) is 17.5 Å². The van der Waals surface area contributed by atoms with Gasteiger partial charge < -0.3 is 20.9 Å². The van der Waals surface area contributed by atoms with Gasteiger partial charge in [-0.25, -0.2) is 13.2 Å². The molecule has 3 rings (SSSR count). The van der Waals surface area contributed by atoms with Crippen LogP contribution in [0.25, 0.3) is 0 Å². The first-order valence-electron chi connectivity index (χ1n) is 10.1. The standard InChI is InChI=1S/C22H26F3N5O.HI/c1-26-22(28-10-9-27-21(31)12-15-2-4-16(23)5-3-15)29-18-8-11-30(14-18)20-7-6-17(24)13-19(20)25;/h2-7,13,18H,8-12,14H2,1H3,(H,27,31)(H2,26,28,29);1H. The molecular formula is C22H27F3IN5O. The third-order valence-corrected chi connectivity index (χ3v) is 5.02. The summed E-state index contributed by atoms with van der Waals surface area (Å²) in [6.07, 6.45) is 0.969. The largest absolute Gasteiger partial charge is 0.367 e. The molecular weight excluding hydrogens is 534 g/mol. The number of benzene rings is 2. The highest BCUT2D eigenvalue weighted by atomic mass is 127. The van der Waals surface area contributed by atoms with Gasteiger partial charge in [-0.15, -0.1) is 24.0 Å². The maximum atomic E-state index is 14.0. The molecule has 1 amide bonds. The van der Waals surface area contributed by atoms with Crippen LogP contribution >= 0.6 is 24.0 Å². The van der Waals surface area contributed by atoms with E-state index in [1.807, 2.05) is 4.90 Å². The third-order valence-electron chi connectivity index (χ3n) is 5.02.